The van der Waals surface area contributed by atoms with E-state index >= 15 is 0 Å². The van der Waals surface area contributed by atoms with E-state index in [-0.39, 0.29) is 12.4 Å². The third-order valence-corrected chi connectivity index (χ3v) is 2.85. The Morgan fingerprint density at radius 2 is 1.94 bits per heavy atom. The summed E-state index contributed by atoms with van der Waals surface area (Å²) in [5.74, 6) is 1.73. The van der Waals surface area contributed by atoms with Crippen molar-refractivity contribution in [3.05, 3.63) is 23.8 Å². The molecule has 16 heavy (non-hydrogen) atoms. The smallest absolute Gasteiger partial charge is 0.231 e. The van der Waals surface area contributed by atoms with Crippen molar-refractivity contribution >= 4 is 12.4 Å². The molecule has 0 aromatic heterocycles. The standard InChI is InChI=1S/C12H17NO2.ClH/c1-9(13(2)3)6-10-4-5-11-12(7-10)15-8-14-11;/h4-5,7,9H,6,8H2,1-3H3;1H/t9-;/m0./s1. The summed E-state index contributed by atoms with van der Waals surface area (Å²) in [6, 6.07) is 6.70. The minimum Gasteiger partial charge on any atom is -0.454 e. The Labute approximate surface area is 103 Å². The van der Waals surface area contributed by atoms with Crippen molar-refractivity contribution in [2.75, 3.05) is 20.9 Å². The van der Waals surface area contributed by atoms with E-state index in [4.69, 9.17) is 9.47 Å². The fourth-order valence-electron chi connectivity index (χ4n) is 1.59. The Kier molecular flexibility index (Phi) is 4.44. The normalized spacial score (nSPS) is 14.8. The summed E-state index contributed by atoms with van der Waals surface area (Å²) in [7, 11) is 4.19. The maximum Gasteiger partial charge on any atom is 0.231 e. The maximum atomic E-state index is 5.35. The van der Waals surface area contributed by atoms with Gasteiger partial charge in [0.25, 0.3) is 0 Å². The first-order chi connectivity index (χ1) is 7.16. The largest absolute Gasteiger partial charge is 0.454 e. The van der Waals surface area contributed by atoms with Crippen molar-refractivity contribution in [2.45, 2.75) is 19.4 Å². The van der Waals surface area contributed by atoms with Crippen LogP contribution >= 0.6 is 12.4 Å². The van der Waals surface area contributed by atoms with Gasteiger partial charge in [0.1, 0.15) is 0 Å². The van der Waals surface area contributed by atoms with Gasteiger partial charge in [-0.15, -0.1) is 12.4 Å². The average Bonchev–Trinajstić information content (AvgIpc) is 2.64. The number of rotatable bonds is 3. The number of benzene rings is 1. The second kappa shape index (κ2) is 5.41. The highest BCUT2D eigenvalue weighted by atomic mass is 35.5. The molecule has 0 unspecified atom stereocenters. The Balaban J connectivity index is 0.00000128. The molecule has 1 aromatic rings. The summed E-state index contributed by atoms with van der Waals surface area (Å²) in [6.07, 6.45) is 1.03. The van der Waals surface area contributed by atoms with Gasteiger partial charge in [-0.1, -0.05) is 6.07 Å². The van der Waals surface area contributed by atoms with E-state index in [1.165, 1.54) is 5.56 Å². The molecule has 90 valence electrons. The molecule has 0 bridgehead atoms. The third-order valence-electron chi connectivity index (χ3n) is 2.85. The molecule has 1 aliphatic heterocycles. The Hall–Kier alpha value is -0.930. The van der Waals surface area contributed by atoms with Crippen molar-refractivity contribution in [3.8, 4) is 11.5 Å². The lowest BCUT2D eigenvalue weighted by atomic mass is 10.1. The number of fused-ring (bicyclic) bond motifs is 1. The number of ether oxygens (including phenoxy) is 2. The highest BCUT2D eigenvalue weighted by molar-refractivity contribution is 5.85. The van der Waals surface area contributed by atoms with Gasteiger partial charge < -0.3 is 14.4 Å². The molecule has 2 rings (SSSR count). The SMILES string of the molecule is C[C@@H](Cc1ccc2c(c1)OCO2)N(C)C.Cl. The topological polar surface area (TPSA) is 21.7 Å². The second-order valence-electron chi connectivity index (χ2n) is 4.20. The second-order valence-corrected chi connectivity index (χ2v) is 4.20. The number of likely N-dealkylation sites (N-methyl/N-ethyl adjacent to an activating group) is 1. The van der Waals surface area contributed by atoms with Crippen LogP contribution in [0.4, 0.5) is 0 Å². The van der Waals surface area contributed by atoms with Crippen molar-refractivity contribution in [2.24, 2.45) is 0 Å². The van der Waals surface area contributed by atoms with E-state index in [1.54, 1.807) is 0 Å². The van der Waals surface area contributed by atoms with E-state index in [9.17, 15) is 0 Å². The molecule has 1 aromatic carbocycles. The lowest BCUT2D eigenvalue weighted by Gasteiger charge is -2.19. The molecule has 0 saturated heterocycles. The molecule has 3 nitrogen and oxygen atoms in total. The van der Waals surface area contributed by atoms with Gasteiger partial charge >= 0.3 is 0 Å². The lowest BCUT2D eigenvalue weighted by molar-refractivity contribution is 0.174. The van der Waals surface area contributed by atoms with Crippen molar-refractivity contribution in [3.63, 3.8) is 0 Å². The van der Waals surface area contributed by atoms with E-state index in [0.29, 0.717) is 12.8 Å². The highest BCUT2D eigenvalue weighted by Crippen LogP contribution is 2.32. The van der Waals surface area contributed by atoms with Crippen molar-refractivity contribution in [1.29, 1.82) is 0 Å². The quantitative estimate of drug-likeness (QED) is 0.814. The van der Waals surface area contributed by atoms with Gasteiger partial charge in [0.15, 0.2) is 11.5 Å². The van der Waals surface area contributed by atoms with Crippen LogP contribution in [0.5, 0.6) is 11.5 Å². The summed E-state index contributed by atoms with van der Waals surface area (Å²) < 4.78 is 10.6. The van der Waals surface area contributed by atoms with Crippen molar-refractivity contribution in [1.82, 2.24) is 4.90 Å². The minimum atomic E-state index is 0. The first kappa shape index (κ1) is 13.1. The molecule has 1 aliphatic rings. The lowest BCUT2D eigenvalue weighted by Crippen LogP contribution is -2.26. The Bertz CT molecular complexity index is 355. The molecule has 0 aliphatic carbocycles. The number of halogens is 1. The van der Waals surface area contributed by atoms with Gasteiger partial charge in [-0.3, -0.25) is 0 Å². The average molecular weight is 244 g/mol. The molecular formula is C12H18ClNO2. The van der Waals surface area contributed by atoms with E-state index in [1.807, 2.05) is 6.07 Å². The van der Waals surface area contributed by atoms with Crippen LogP contribution in [-0.4, -0.2) is 31.8 Å². The first-order valence-corrected chi connectivity index (χ1v) is 5.22. The van der Waals surface area contributed by atoms with E-state index in [0.717, 1.165) is 17.9 Å². The summed E-state index contributed by atoms with van der Waals surface area (Å²) in [5, 5.41) is 0. The van der Waals surface area contributed by atoms with Crippen LogP contribution in [0.25, 0.3) is 0 Å². The summed E-state index contributed by atoms with van der Waals surface area (Å²) in [4.78, 5) is 2.21. The van der Waals surface area contributed by atoms with Crippen LogP contribution in [0.15, 0.2) is 18.2 Å². The van der Waals surface area contributed by atoms with Gasteiger partial charge in [-0.05, 0) is 45.1 Å². The van der Waals surface area contributed by atoms with Crippen LogP contribution in [0.3, 0.4) is 0 Å². The first-order valence-electron chi connectivity index (χ1n) is 5.22. The number of hydrogen-bond acceptors (Lipinski definition) is 3. The molecule has 0 amide bonds. The van der Waals surface area contributed by atoms with Crippen LogP contribution in [0, 0.1) is 0 Å². The zero-order valence-corrected chi connectivity index (χ0v) is 10.7. The van der Waals surface area contributed by atoms with Crippen molar-refractivity contribution < 1.29 is 9.47 Å². The fraction of sp³-hybridized carbons (Fsp3) is 0.500. The molecule has 4 heteroatoms. The van der Waals surface area contributed by atoms with Gasteiger partial charge in [0, 0.05) is 6.04 Å². The molecular weight excluding hydrogens is 226 g/mol. The summed E-state index contributed by atoms with van der Waals surface area (Å²) in [6.45, 7) is 2.56. The zero-order chi connectivity index (χ0) is 10.8. The predicted octanol–water partition coefficient (Wildman–Crippen LogP) is 2.33. The molecule has 0 N–H and O–H groups in total. The molecule has 1 atom stereocenters. The molecule has 0 fully saturated rings. The molecule has 1 heterocycles. The molecule has 0 saturated carbocycles. The van der Waals surface area contributed by atoms with Gasteiger partial charge in [-0.25, -0.2) is 0 Å². The number of hydrogen-bond donors (Lipinski definition) is 0. The zero-order valence-electron chi connectivity index (χ0n) is 9.90. The van der Waals surface area contributed by atoms with Crippen LogP contribution in [-0.2, 0) is 6.42 Å². The van der Waals surface area contributed by atoms with Crippen LogP contribution in [0.1, 0.15) is 12.5 Å². The van der Waals surface area contributed by atoms with Gasteiger partial charge in [0.05, 0.1) is 0 Å². The fourth-order valence-corrected chi connectivity index (χ4v) is 1.59. The highest BCUT2D eigenvalue weighted by Gasteiger charge is 2.14. The maximum absolute atomic E-state index is 5.35. The summed E-state index contributed by atoms with van der Waals surface area (Å²) in [5.41, 5.74) is 1.29. The van der Waals surface area contributed by atoms with Gasteiger partial charge in [-0.2, -0.15) is 0 Å². The minimum absolute atomic E-state index is 0. The predicted molar refractivity (Wildman–Crippen MR) is 66.7 cm³/mol. The monoisotopic (exact) mass is 243 g/mol. The molecule has 0 spiro atoms. The number of nitrogens with zero attached hydrogens (tertiary/aromatic N) is 1. The molecule has 0 radical (unpaired) electrons. The van der Waals surface area contributed by atoms with E-state index < -0.39 is 0 Å². The summed E-state index contributed by atoms with van der Waals surface area (Å²) >= 11 is 0. The van der Waals surface area contributed by atoms with Crippen LogP contribution < -0.4 is 9.47 Å². The third kappa shape index (κ3) is 2.80. The Morgan fingerprint density at radius 1 is 1.25 bits per heavy atom. The Morgan fingerprint density at radius 3 is 2.62 bits per heavy atom. The van der Waals surface area contributed by atoms with Gasteiger partial charge in [0.2, 0.25) is 6.79 Å². The van der Waals surface area contributed by atoms with Crippen LogP contribution in [0.2, 0.25) is 0 Å². The van der Waals surface area contributed by atoms with E-state index in [2.05, 4.69) is 38.1 Å².